The molecule has 0 aliphatic carbocycles. The Bertz CT molecular complexity index is 1020. The zero-order valence-electron chi connectivity index (χ0n) is 14.9. The van der Waals surface area contributed by atoms with Gasteiger partial charge in [0.25, 0.3) is 5.56 Å². The number of hydrogen-bond acceptors (Lipinski definition) is 4. The fraction of sp³-hybridized carbons (Fsp3) is 0.286. The van der Waals surface area contributed by atoms with Gasteiger partial charge in [-0.05, 0) is 29.7 Å². The van der Waals surface area contributed by atoms with Crippen LogP contribution in [0.2, 0.25) is 0 Å². The van der Waals surface area contributed by atoms with Crippen molar-refractivity contribution in [2.24, 2.45) is 0 Å². The third-order valence-electron chi connectivity index (χ3n) is 4.78. The van der Waals surface area contributed by atoms with E-state index in [1.165, 1.54) is 10.7 Å². The summed E-state index contributed by atoms with van der Waals surface area (Å²) >= 11 is 0. The van der Waals surface area contributed by atoms with Crippen LogP contribution < -0.4 is 10.9 Å². The lowest BCUT2D eigenvalue weighted by molar-refractivity contribution is -0.122. The maximum atomic E-state index is 12.2. The Balaban J connectivity index is 1.56. The van der Waals surface area contributed by atoms with Crippen molar-refractivity contribution in [3.05, 3.63) is 65.0 Å². The molecule has 6 nitrogen and oxygen atoms in total. The van der Waals surface area contributed by atoms with Crippen molar-refractivity contribution in [2.45, 2.75) is 25.5 Å². The smallest absolute Gasteiger partial charge is 0.267 e. The van der Waals surface area contributed by atoms with Gasteiger partial charge in [0.2, 0.25) is 5.91 Å². The van der Waals surface area contributed by atoms with Crippen molar-refractivity contribution in [1.29, 1.82) is 0 Å². The number of nitrogens with one attached hydrogen (secondary N) is 1. The number of carbonyl (C=O) groups is 1. The highest BCUT2D eigenvalue weighted by molar-refractivity contribution is 5.95. The number of benzene rings is 2. The van der Waals surface area contributed by atoms with Crippen molar-refractivity contribution in [3.8, 4) is 11.3 Å². The Morgan fingerprint density at radius 2 is 2.00 bits per heavy atom. The molecule has 1 fully saturated rings. The number of fused-ring (bicyclic) bond motifs is 1. The summed E-state index contributed by atoms with van der Waals surface area (Å²) in [7, 11) is 0. The lowest BCUT2D eigenvalue weighted by Gasteiger charge is -2.12. The van der Waals surface area contributed by atoms with Gasteiger partial charge in [0.05, 0.1) is 11.8 Å². The first kappa shape index (κ1) is 17.4. The van der Waals surface area contributed by atoms with Gasteiger partial charge in [-0.2, -0.15) is 5.10 Å². The second kappa shape index (κ2) is 7.72. The summed E-state index contributed by atoms with van der Waals surface area (Å²) < 4.78 is 6.71. The summed E-state index contributed by atoms with van der Waals surface area (Å²) in [4.78, 5) is 24.4. The summed E-state index contributed by atoms with van der Waals surface area (Å²) in [5, 5.41) is 9.41. The van der Waals surface area contributed by atoms with Gasteiger partial charge < -0.3 is 10.1 Å². The van der Waals surface area contributed by atoms with Crippen molar-refractivity contribution >= 4 is 16.7 Å². The molecule has 6 heteroatoms. The number of hydrogen-bond donors (Lipinski definition) is 1. The molecule has 1 N–H and O–H groups in total. The number of aromatic nitrogens is 2. The summed E-state index contributed by atoms with van der Waals surface area (Å²) in [6.45, 7) is 1.11. The minimum absolute atomic E-state index is 0.0700. The molecule has 0 radical (unpaired) electrons. The van der Waals surface area contributed by atoms with Gasteiger partial charge in [-0.1, -0.05) is 42.5 Å². The molecular formula is C21H21N3O3. The van der Waals surface area contributed by atoms with Crippen LogP contribution in [0.1, 0.15) is 12.8 Å². The van der Waals surface area contributed by atoms with Gasteiger partial charge in [-0.25, -0.2) is 4.68 Å². The quantitative estimate of drug-likeness (QED) is 0.755. The lowest BCUT2D eigenvalue weighted by Crippen LogP contribution is -2.37. The molecule has 2 heterocycles. The molecule has 1 saturated heterocycles. The Morgan fingerprint density at radius 1 is 1.15 bits per heavy atom. The fourth-order valence-electron chi connectivity index (χ4n) is 3.38. The Hall–Kier alpha value is -2.99. The molecule has 1 amide bonds. The molecule has 1 aromatic heterocycles. The Kier molecular flexibility index (Phi) is 4.98. The number of ether oxygens (including phenoxy) is 1. The van der Waals surface area contributed by atoms with E-state index in [1.54, 1.807) is 6.07 Å². The van der Waals surface area contributed by atoms with Gasteiger partial charge in [-0.15, -0.1) is 0 Å². The number of nitrogens with zero attached hydrogens (tertiary/aromatic N) is 2. The van der Waals surface area contributed by atoms with Gasteiger partial charge >= 0.3 is 0 Å². The molecule has 3 aromatic rings. The summed E-state index contributed by atoms with van der Waals surface area (Å²) in [5.74, 6) is -0.241. The predicted molar refractivity (Wildman–Crippen MR) is 103 cm³/mol. The van der Waals surface area contributed by atoms with E-state index in [9.17, 15) is 9.59 Å². The van der Waals surface area contributed by atoms with E-state index in [-0.39, 0.29) is 24.1 Å². The largest absolute Gasteiger partial charge is 0.376 e. The first-order chi connectivity index (χ1) is 13.2. The van der Waals surface area contributed by atoms with E-state index in [0.717, 1.165) is 35.8 Å². The van der Waals surface area contributed by atoms with E-state index in [1.807, 2.05) is 42.5 Å². The zero-order valence-corrected chi connectivity index (χ0v) is 14.9. The molecule has 1 aliphatic heterocycles. The molecule has 1 unspecified atom stereocenters. The van der Waals surface area contributed by atoms with Crippen LogP contribution in [0.3, 0.4) is 0 Å². The Labute approximate surface area is 156 Å². The molecule has 0 spiro atoms. The molecule has 0 saturated carbocycles. The monoisotopic (exact) mass is 363 g/mol. The second-order valence-electron chi connectivity index (χ2n) is 6.68. The Morgan fingerprint density at radius 3 is 2.85 bits per heavy atom. The van der Waals surface area contributed by atoms with Crippen molar-refractivity contribution in [3.63, 3.8) is 0 Å². The highest BCUT2D eigenvalue weighted by Crippen LogP contribution is 2.26. The van der Waals surface area contributed by atoms with Crippen LogP contribution in [0, 0.1) is 0 Å². The minimum Gasteiger partial charge on any atom is -0.376 e. The van der Waals surface area contributed by atoms with Crippen LogP contribution >= 0.6 is 0 Å². The standard InChI is InChI=1S/C21H21N3O3/c25-20(22-13-16-7-4-12-27-16)14-24-21(26)11-10-19(23-24)18-9-3-6-15-5-1-2-8-17(15)18/h1-3,5-6,8-11,16H,4,7,12-14H2,(H,22,25). The van der Waals surface area contributed by atoms with Crippen LogP contribution in [0.15, 0.2) is 59.4 Å². The second-order valence-corrected chi connectivity index (χ2v) is 6.68. The topological polar surface area (TPSA) is 73.2 Å². The fourth-order valence-corrected chi connectivity index (χ4v) is 3.38. The van der Waals surface area contributed by atoms with Crippen molar-refractivity contribution in [1.82, 2.24) is 15.1 Å². The van der Waals surface area contributed by atoms with E-state index < -0.39 is 0 Å². The molecule has 1 aliphatic rings. The van der Waals surface area contributed by atoms with Crippen LogP contribution in [-0.4, -0.2) is 34.9 Å². The van der Waals surface area contributed by atoms with Crippen molar-refractivity contribution < 1.29 is 9.53 Å². The van der Waals surface area contributed by atoms with Gasteiger partial charge in [0, 0.05) is 24.8 Å². The first-order valence-corrected chi connectivity index (χ1v) is 9.15. The first-order valence-electron chi connectivity index (χ1n) is 9.15. The number of amides is 1. The highest BCUT2D eigenvalue weighted by Gasteiger charge is 2.16. The van der Waals surface area contributed by atoms with Crippen LogP contribution in [0.5, 0.6) is 0 Å². The van der Waals surface area contributed by atoms with Gasteiger partial charge in [-0.3, -0.25) is 9.59 Å². The van der Waals surface area contributed by atoms with Crippen LogP contribution in [-0.2, 0) is 16.1 Å². The maximum absolute atomic E-state index is 12.2. The van der Waals surface area contributed by atoms with Gasteiger partial charge in [0.15, 0.2) is 0 Å². The molecule has 138 valence electrons. The molecule has 27 heavy (non-hydrogen) atoms. The van der Waals surface area contributed by atoms with E-state index in [2.05, 4.69) is 10.4 Å². The highest BCUT2D eigenvalue weighted by atomic mass is 16.5. The minimum atomic E-state index is -0.300. The summed E-state index contributed by atoms with van der Waals surface area (Å²) in [5.41, 5.74) is 1.30. The molecular weight excluding hydrogens is 342 g/mol. The molecule has 0 bridgehead atoms. The average molecular weight is 363 g/mol. The molecule has 4 rings (SSSR count). The average Bonchev–Trinajstić information content (AvgIpc) is 3.21. The van der Waals surface area contributed by atoms with Crippen molar-refractivity contribution in [2.75, 3.05) is 13.2 Å². The molecule has 2 aromatic carbocycles. The zero-order chi connectivity index (χ0) is 18.6. The maximum Gasteiger partial charge on any atom is 0.267 e. The number of carbonyl (C=O) groups excluding carboxylic acids is 1. The molecule has 1 atom stereocenters. The van der Waals surface area contributed by atoms with E-state index in [4.69, 9.17) is 4.74 Å². The van der Waals surface area contributed by atoms with Gasteiger partial charge in [0.1, 0.15) is 6.54 Å². The van der Waals surface area contributed by atoms with Crippen LogP contribution in [0.4, 0.5) is 0 Å². The summed E-state index contributed by atoms with van der Waals surface area (Å²) in [6, 6.07) is 17.1. The van der Waals surface area contributed by atoms with Crippen LogP contribution in [0.25, 0.3) is 22.0 Å². The van der Waals surface area contributed by atoms with E-state index in [0.29, 0.717) is 12.2 Å². The summed E-state index contributed by atoms with van der Waals surface area (Å²) in [6.07, 6.45) is 2.05. The number of rotatable bonds is 5. The predicted octanol–water partition coefficient (Wildman–Crippen LogP) is 2.36. The third kappa shape index (κ3) is 3.90. The SMILES string of the molecule is O=C(Cn1nc(-c2cccc3ccccc23)ccc1=O)NCC1CCCO1. The lowest BCUT2D eigenvalue weighted by atomic mass is 10.0. The van der Waals surface area contributed by atoms with E-state index >= 15 is 0 Å². The normalized spacial score (nSPS) is 16.5. The third-order valence-corrected chi connectivity index (χ3v) is 4.78.